The average Bonchev–Trinajstić information content (AvgIpc) is 2.98. The number of hydrogen-bond donors (Lipinski definition) is 1. The third-order valence-corrected chi connectivity index (χ3v) is 2.93. The van der Waals surface area contributed by atoms with Gasteiger partial charge >= 0.3 is 5.97 Å². The smallest absolute Gasteiger partial charge is 0.307 e. The van der Waals surface area contributed by atoms with Crippen molar-refractivity contribution in [3.05, 3.63) is 54.2 Å². The highest BCUT2D eigenvalue weighted by atomic mass is 19.1. The number of anilines is 1. The molecule has 0 aliphatic rings. The predicted molar refractivity (Wildman–Crippen MR) is 77.6 cm³/mol. The molecule has 1 amide bonds. The van der Waals surface area contributed by atoms with Gasteiger partial charge in [-0.1, -0.05) is 6.07 Å². The number of carbonyl (C=O) groups is 2. The zero-order valence-electron chi connectivity index (χ0n) is 12.0. The molecule has 22 heavy (non-hydrogen) atoms. The van der Waals surface area contributed by atoms with Gasteiger partial charge in [0.2, 0.25) is 0 Å². The summed E-state index contributed by atoms with van der Waals surface area (Å²) in [5, 5.41) is 2.48. The molecule has 0 spiro atoms. The van der Waals surface area contributed by atoms with Crippen LogP contribution in [-0.4, -0.2) is 18.0 Å². The lowest BCUT2D eigenvalue weighted by Crippen LogP contribution is -2.30. The van der Waals surface area contributed by atoms with Gasteiger partial charge in [0.15, 0.2) is 6.10 Å². The van der Waals surface area contributed by atoms with Crippen LogP contribution in [0.3, 0.4) is 0 Å². The Morgan fingerprint density at radius 1 is 1.32 bits per heavy atom. The second-order valence-electron chi connectivity index (χ2n) is 4.71. The van der Waals surface area contributed by atoms with Crippen molar-refractivity contribution in [3.63, 3.8) is 0 Å². The van der Waals surface area contributed by atoms with E-state index in [0.717, 1.165) is 0 Å². The maximum Gasteiger partial charge on any atom is 0.307 e. The van der Waals surface area contributed by atoms with Crippen LogP contribution in [0.2, 0.25) is 0 Å². The SMILES string of the molecule is C[C@H](OC(=O)CCc1ccco1)C(=O)Nc1cccc(F)c1. The van der Waals surface area contributed by atoms with Crippen LogP contribution in [0.1, 0.15) is 19.1 Å². The summed E-state index contributed by atoms with van der Waals surface area (Å²) in [7, 11) is 0. The fourth-order valence-corrected chi connectivity index (χ4v) is 1.80. The lowest BCUT2D eigenvalue weighted by molar-refractivity contribution is -0.153. The van der Waals surface area contributed by atoms with E-state index in [1.165, 1.54) is 31.4 Å². The lowest BCUT2D eigenvalue weighted by atomic mass is 10.2. The Kier molecular flexibility index (Phi) is 5.30. The molecule has 0 saturated heterocycles. The molecule has 5 nitrogen and oxygen atoms in total. The van der Waals surface area contributed by atoms with Crippen molar-refractivity contribution in [1.82, 2.24) is 0 Å². The number of carbonyl (C=O) groups excluding carboxylic acids is 2. The van der Waals surface area contributed by atoms with E-state index < -0.39 is 23.8 Å². The van der Waals surface area contributed by atoms with Gasteiger partial charge in [-0.05, 0) is 37.3 Å². The van der Waals surface area contributed by atoms with Gasteiger partial charge in [-0.3, -0.25) is 9.59 Å². The van der Waals surface area contributed by atoms with Gasteiger partial charge < -0.3 is 14.5 Å². The molecule has 0 aliphatic heterocycles. The van der Waals surface area contributed by atoms with Crippen molar-refractivity contribution in [2.75, 3.05) is 5.32 Å². The number of ether oxygens (including phenoxy) is 1. The standard InChI is InChI=1S/C16H16FNO4/c1-11(16(20)18-13-5-2-4-12(17)10-13)22-15(19)8-7-14-6-3-9-21-14/h2-6,9-11H,7-8H2,1H3,(H,18,20)/t11-/m0/s1. The number of rotatable bonds is 6. The molecule has 116 valence electrons. The molecular weight excluding hydrogens is 289 g/mol. The molecule has 0 saturated carbocycles. The van der Waals surface area contributed by atoms with Gasteiger partial charge in [0, 0.05) is 12.1 Å². The molecule has 1 heterocycles. The van der Waals surface area contributed by atoms with E-state index in [9.17, 15) is 14.0 Å². The van der Waals surface area contributed by atoms with Crippen molar-refractivity contribution >= 4 is 17.6 Å². The molecule has 0 bridgehead atoms. The monoisotopic (exact) mass is 305 g/mol. The Balaban J connectivity index is 1.79. The van der Waals surface area contributed by atoms with Crippen molar-refractivity contribution in [1.29, 1.82) is 0 Å². The third kappa shape index (κ3) is 4.73. The zero-order valence-corrected chi connectivity index (χ0v) is 12.0. The number of amides is 1. The minimum atomic E-state index is -0.965. The van der Waals surface area contributed by atoms with Gasteiger partial charge in [-0.15, -0.1) is 0 Å². The molecule has 2 aromatic rings. The summed E-state index contributed by atoms with van der Waals surface area (Å²) in [6.45, 7) is 1.46. The normalized spacial score (nSPS) is 11.7. The Morgan fingerprint density at radius 2 is 2.14 bits per heavy atom. The quantitative estimate of drug-likeness (QED) is 0.833. The van der Waals surface area contributed by atoms with Crippen LogP contribution >= 0.6 is 0 Å². The van der Waals surface area contributed by atoms with Crippen molar-refractivity contribution in [2.24, 2.45) is 0 Å². The summed E-state index contributed by atoms with van der Waals surface area (Å²) in [6.07, 6.45) is 1.08. The summed E-state index contributed by atoms with van der Waals surface area (Å²) >= 11 is 0. The number of nitrogens with one attached hydrogen (secondary N) is 1. The topological polar surface area (TPSA) is 68.5 Å². The Morgan fingerprint density at radius 3 is 2.82 bits per heavy atom. The lowest BCUT2D eigenvalue weighted by Gasteiger charge is -2.13. The summed E-state index contributed by atoms with van der Waals surface area (Å²) < 4.78 is 23.1. The third-order valence-electron chi connectivity index (χ3n) is 2.93. The molecule has 2 rings (SSSR count). The first-order valence-corrected chi connectivity index (χ1v) is 6.83. The second kappa shape index (κ2) is 7.40. The zero-order chi connectivity index (χ0) is 15.9. The molecule has 0 aliphatic carbocycles. The molecule has 0 unspecified atom stereocenters. The number of hydrogen-bond acceptors (Lipinski definition) is 4. The summed E-state index contributed by atoms with van der Waals surface area (Å²) in [5.41, 5.74) is 0.309. The van der Waals surface area contributed by atoms with E-state index in [4.69, 9.17) is 9.15 Å². The van der Waals surface area contributed by atoms with E-state index >= 15 is 0 Å². The fourth-order valence-electron chi connectivity index (χ4n) is 1.80. The number of benzene rings is 1. The first-order chi connectivity index (χ1) is 10.5. The largest absolute Gasteiger partial charge is 0.469 e. The Bertz CT molecular complexity index is 639. The molecule has 6 heteroatoms. The van der Waals surface area contributed by atoms with Crippen LogP contribution in [0, 0.1) is 5.82 Å². The van der Waals surface area contributed by atoms with E-state index in [0.29, 0.717) is 17.9 Å². The predicted octanol–water partition coefficient (Wildman–Crippen LogP) is 2.92. The Labute approximate surface area is 127 Å². The van der Waals surface area contributed by atoms with E-state index in [1.54, 1.807) is 18.2 Å². The Hall–Kier alpha value is -2.63. The van der Waals surface area contributed by atoms with Crippen LogP contribution < -0.4 is 5.32 Å². The molecule has 1 N–H and O–H groups in total. The molecule has 1 aromatic carbocycles. The number of halogens is 1. The van der Waals surface area contributed by atoms with Crippen LogP contribution in [0.4, 0.5) is 10.1 Å². The summed E-state index contributed by atoms with van der Waals surface area (Å²) in [6, 6.07) is 8.97. The maximum absolute atomic E-state index is 13.0. The van der Waals surface area contributed by atoms with E-state index in [2.05, 4.69) is 5.32 Å². The van der Waals surface area contributed by atoms with Gasteiger partial charge in [0.1, 0.15) is 11.6 Å². The van der Waals surface area contributed by atoms with Crippen LogP contribution in [0.5, 0.6) is 0 Å². The molecular formula is C16H16FNO4. The van der Waals surface area contributed by atoms with E-state index in [1.807, 2.05) is 0 Å². The molecule has 1 aromatic heterocycles. The highest BCUT2D eigenvalue weighted by molar-refractivity contribution is 5.95. The van der Waals surface area contributed by atoms with Gasteiger partial charge in [0.05, 0.1) is 12.7 Å². The molecule has 0 fully saturated rings. The van der Waals surface area contributed by atoms with Crippen molar-refractivity contribution in [2.45, 2.75) is 25.9 Å². The minimum absolute atomic E-state index is 0.116. The summed E-state index contributed by atoms with van der Waals surface area (Å²) in [4.78, 5) is 23.5. The van der Waals surface area contributed by atoms with Gasteiger partial charge in [-0.2, -0.15) is 0 Å². The van der Waals surface area contributed by atoms with Gasteiger partial charge in [-0.25, -0.2) is 4.39 Å². The highest BCUT2D eigenvalue weighted by Gasteiger charge is 2.18. The average molecular weight is 305 g/mol. The number of esters is 1. The van der Waals surface area contributed by atoms with E-state index in [-0.39, 0.29) is 6.42 Å². The summed E-state index contributed by atoms with van der Waals surface area (Å²) in [5.74, 6) is -0.801. The highest BCUT2D eigenvalue weighted by Crippen LogP contribution is 2.11. The van der Waals surface area contributed by atoms with Crippen molar-refractivity contribution < 1.29 is 23.1 Å². The second-order valence-corrected chi connectivity index (χ2v) is 4.71. The van der Waals surface area contributed by atoms with Crippen LogP contribution in [-0.2, 0) is 20.7 Å². The van der Waals surface area contributed by atoms with Crippen LogP contribution in [0.15, 0.2) is 47.1 Å². The maximum atomic E-state index is 13.0. The number of aryl methyl sites for hydroxylation is 1. The number of furan rings is 1. The molecule has 0 radical (unpaired) electrons. The fraction of sp³-hybridized carbons (Fsp3) is 0.250. The molecule has 1 atom stereocenters. The van der Waals surface area contributed by atoms with Crippen LogP contribution in [0.25, 0.3) is 0 Å². The van der Waals surface area contributed by atoms with Gasteiger partial charge in [0.25, 0.3) is 5.91 Å². The minimum Gasteiger partial charge on any atom is -0.469 e. The first-order valence-electron chi connectivity index (χ1n) is 6.83. The van der Waals surface area contributed by atoms with Crippen molar-refractivity contribution in [3.8, 4) is 0 Å². The first kappa shape index (κ1) is 15.8.